The summed E-state index contributed by atoms with van der Waals surface area (Å²) in [4.78, 5) is 0. The number of aliphatic hydroxyl groups excluding tert-OH is 1. The third kappa shape index (κ3) is 25.2. The number of hydrogen-bond acceptors (Lipinski definition) is 7. The van der Waals surface area contributed by atoms with Crippen molar-refractivity contribution in [3.63, 3.8) is 0 Å². The van der Waals surface area contributed by atoms with E-state index in [9.17, 15) is 0 Å². The molecular formula is C15H33NO6Y. The molecule has 0 aliphatic heterocycles. The van der Waals surface area contributed by atoms with Crippen molar-refractivity contribution in [3.8, 4) is 0 Å². The summed E-state index contributed by atoms with van der Waals surface area (Å²) in [6.45, 7) is 9.63. The second kappa shape index (κ2) is 25.1. The Morgan fingerprint density at radius 2 is 1.00 bits per heavy atom. The molecule has 0 spiro atoms. The SMILES string of the molecule is CCCNCCOCCOCCOCCOCCOCCO.[Y]. The van der Waals surface area contributed by atoms with E-state index in [1.165, 1.54) is 0 Å². The number of aliphatic hydroxyl groups is 1. The van der Waals surface area contributed by atoms with E-state index in [0.29, 0.717) is 59.5 Å². The van der Waals surface area contributed by atoms with Gasteiger partial charge in [0.05, 0.1) is 72.7 Å². The van der Waals surface area contributed by atoms with Crippen LogP contribution in [0.25, 0.3) is 0 Å². The first-order valence-corrected chi connectivity index (χ1v) is 8.12. The summed E-state index contributed by atoms with van der Waals surface area (Å²) in [6, 6.07) is 0. The van der Waals surface area contributed by atoms with E-state index >= 15 is 0 Å². The molecule has 7 nitrogen and oxygen atoms in total. The molecule has 2 N–H and O–H groups in total. The molecule has 0 aliphatic carbocycles. The van der Waals surface area contributed by atoms with Gasteiger partial charge in [0.25, 0.3) is 0 Å². The molecule has 0 aromatic rings. The summed E-state index contributed by atoms with van der Waals surface area (Å²) in [7, 11) is 0. The Balaban J connectivity index is 0. The standard InChI is InChI=1S/C15H33NO6.Y/c1-2-3-16-4-6-18-8-10-20-12-14-22-15-13-21-11-9-19-7-5-17;/h16-17H,2-15H2,1H3;. The fourth-order valence-corrected chi connectivity index (χ4v) is 1.49. The van der Waals surface area contributed by atoms with Gasteiger partial charge in [-0.3, -0.25) is 0 Å². The van der Waals surface area contributed by atoms with Gasteiger partial charge in [-0.1, -0.05) is 6.92 Å². The average Bonchev–Trinajstić information content (AvgIpc) is 2.54. The number of ether oxygens (including phenoxy) is 5. The summed E-state index contributed by atoms with van der Waals surface area (Å²) >= 11 is 0. The Bertz CT molecular complexity index is 183. The molecule has 0 heterocycles. The fraction of sp³-hybridized carbons (Fsp3) is 1.00. The molecular weight excluding hydrogens is 379 g/mol. The van der Waals surface area contributed by atoms with E-state index in [4.69, 9.17) is 28.8 Å². The Morgan fingerprint density at radius 3 is 1.39 bits per heavy atom. The predicted octanol–water partition coefficient (Wildman–Crippen LogP) is 0.0588. The molecule has 0 fully saturated rings. The van der Waals surface area contributed by atoms with Crippen LogP contribution in [0.2, 0.25) is 0 Å². The van der Waals surface area contributed by atoms with Crippen molar-refractivity contribution in [2.45, 2.75) is 13.3 Å². The van der Waals surface area contributed by atoms with E-state index < -0.39 is 0 Å². The summed E-state index contributed by atoms with van der Waals surface area (Å²) in [5.74, 6) is 0. The van der Waals surface area contributed by atoms with Gasteiger partial charge >= 0.3 is 0 Å². The van der Waals surface area contributed by atoms with Crippen LogP contribution in [0, 0.1) is 0 Å². The van der Waals surface area contributed by atoms with Crippen molar-refractivity contribution in [1.29, 1.82) is 0 Å². The molecule has 0 bridgehead atoms. The third-order valence-electron chi connectivity index (χ3n) is 2.57. The van der Waals surface area contributed by atoms with Crippen LogP contribution in [0.3, 0.4) is 0 Å². The molecule has 0 rings (SSSR count). The molecule has 8 heteroatoms. The Kier molecular flexibility index (Phi) is 28.4. The van der Waals surface area contributed by atoms with Gasteiger partial charge < -0.3 is 34.1 Å². The van der Waals surface area contributed by atoms with Crippen molar-refractivity contribution in [2.75, 3.05) is 85.8 Å². The molecule has 1 radical (unpaired) electrons. The maximum absolute atomic E-state index is 8.49. The molecule has 0 saturated carbocycles. The molecule has 0 aliphatic rings. The average molecular weight is 412 g/mol. The Labute approximate surface area is 165 Å². The number of rotatable bonds is 19. The first-order chi connectivity index (χ1) is 10.9. The largest absolute Gasteiger partial charge is 0.394 e. The topological polar surface area (TPSA) is 78.4 Å². The van der Waals surface area contributed by atoms with Gasteiger partial charge in [0.1, 0.15) is 0 Å². The van der Waals surface area contributed by atoms with E-state index in [1.54, 1.807) is 0 Å². The molecule has 0 aromatic carbocycles. The van der Waals surface area contributed by atoms with Gasteiger partial charge in [-0.25, -0.2) is 0 Å². The van der Waals surface area contributed by atoms with Gasteiger partial charge in [-0.05, 0) is 13.0 Å². The minimum atomic E-state index is 0. The van der Waals surface area contributed by atoms with Crippen molar-refractivity contribution >= 4 is 0 Å². The maximum atomic E-state index is 8.49. The van der Waals surface area contributed by atoms with Crippen LogP contribution in [0.5, 0.6) is 0 Å². The van der Waals surface area contributed by atoms with Crippen molar-refractivity contribution in [2.24, 2.45) is 0 Å². The first kappa shape index (κ1) is 26.1. The number of nitrogens with one attached hydrogen (secondary N) is 1. The zero-order chi connectivity index (χ0) is 16.1. The first-order valence-electron chi connectivity index (χ1n) is 8.12. The van der Waals surface area contributed by atoms with E-state index in [2.05, 4.69) is 12.2 Å². The second-order valence-electron chi connectivity index (χ2n) is 4.54. The minimum Gasteiger partial charge on any atom is -0.394 e. The van der Waals surface area contributed by atoms with Crippen LogP contribution < -0.4 is 5.32 Å². The maximum Gasteiger partial charge on any atom is 0.0701 e. The summed E-state index contributed by atoms with van der Waals surface area (Å²) in [5, 5.41) is 11.8. The van der Waals surface area contributed by atoms with E-state index in [0.717, 1.165) is 26.1 Å². The fourth-order valence-electron chi connectivity index (χ4n) is 1.49. The molecule has 0 unspecified atom stereocenters. The third-order valence-corrected chi connectivity index (χ3v) is 2.57. The molecule has 23 heavy (non-hydrogen) atoms. The van der Waals surface area contributed by atoms with Gasteiger partial charge in [-0.2, -0.15) is 0 Å². The summed E-state index contributed by atoms with van der Waals surface area (Å²) < 4.78 is 26.5. The van der Waals surface area contributed by atoms with E-state index in [-0.39, 0.29) is 39.3 Å². The molecule has 0 atom stereocenters. The Hall–Kier alpha value is 0.824. The molecule has 0 amide bonds. The summed E-state index contributed by atoms with van der Waals surface area (Å²) in [5.41, 5.74) is 0. The second-order valence-corrected chi connectivity index (χ2v) is 4.54. The van der Waals surface area contributed by atoms with Crippen molar-refractivity contribution in [3.05, 3.63) is 0 Å². The smallest absolute Gasteiger partial charge is 0.0701 e. The monoisotopic (exact) mass is 412 g/mol. The molecule has 0 aromatic heterocycles. The normalized spacial score (nSPS) is 10.7. The molecule has 137 valence electrons. The summed E-state index contributed by atoms with van der Waals surface area (Å²) in [6.07, 6.45) is 1.14. The van der Waals surface area contributed by atoms with Gasteiger partial charge in [-0.15, -0.1) is 0 Å². The van der Waals surface area contributed by atoms with Crippen molar-refractivity contribution in [1.82, 2.24) is 5.32 Å². The predicted molar refractivity (Wildman–Crippen MR) is 84.3 cm³/mol. The number of hydrogen-bond donors (Lipinski definition) is 2. The van der Waals surface area contributed by atoms with Crippen LogP contribution in [0.15, 0.2) is 0 Å². The Morgan fingerprint density at radius 1 is 0.609 bits per heavy atom. The zero-order valence-corrected chi connectivity index (χ0v) is 17.3. The van der Waals surface area contributed by atoms with Gasteiger partial charge in [0.15, 0.2) is 0 Å². The zero-order valence-electron chi connectivity index (χ0n) is 14.5. The van der Waals surface area contributed by atoms with Crippen LogP contribution in [0.4, 0.5) is 0 Å². The van der Waals surface area contributed by atoms with Crippen molar-refractivity contribution < 1.29 is 61.5 Å². The van der Waals surface area contributed by atoms with Gasteiger partial charge in [0, 0.05) is 39.3 Å². The van der Waals surface area contributed by atoms with E-state index in [1.807, 2.05) is 0 Å². The molecule has 0 saturated heterocycles. The minimum absolute atomic E-state index is 0. The quantitative estimate of drug-likeness (QED) is 0.291. The van der Waals surface area contributed by atoms with Crippen LogP contribution in [-0.2, 0) is 56.4 Å². The van der Waals surface area contributed by atoms with Gasteiger partial charge in [0.2, 0.25) is 0 Å². The van der Waals surface area contributed by atoms with Crippen LogP contribution >= 0.6 is 0 Å². The van der Waals surface area contributed by atoms with Crippen LogP contribution in [-0.4, -0.2) is 90.9 Å². The van der Waals surface area contributed by atoms with Crippen LogP contribution in [0.1, 0.15) is 13.3 Å².